The van der Waals surface area contributed by atoms with Crippen molar-refractivity contribution >= 4 is 11.8 Å². The van der Waals surface area contributed by atoms with Crippen LogP contribution in [0.3, 0.4) is 0 Å². The highest BCUT2D eigenvalue weighted by atomic mass is 16.5. The van der Waals surface area contributed by atoms with Crippen molar-refractivity contribution in [2.75, 3.05) is 32.8 Å². The summed E-state index contributed by atoms with van der Waals surface area (Å²) in [5.41, 5.74) is 0.841. The quantitative estimate of drug-likeness (QED) is 0.770. The maximum absolute atomic E-state index is 13.1. The molecule has 0 N–H and O–H groups in total. The summed E-state index contributed by atoms with van der Waals surface area (Å²) in [6.45, 7) is 5.06. The van der Waals surface area contributed by atoms with Crippen LogP contribution in [-0.4, -0.2) is 76.8 Å². The summed E-state index contributed by atoms with van der Waals surface area (Å²) in [5, 5.41) is 8.07. The molecule has 1 aromatic heterocycles. The van der Waals surface area contributed by atoms with Gasteiger partial charge >= 0.3 is 0 Å². The van der Waals surface area contributed by atoms with E-state index in [1.165, 1.54) is 0 Å². The SMILES string of the molecule is Cc1ccc(OC2CCCN(C(=O)C3CC(=O)N(C4CCOCC4)C3)C2)nn1. The predicted molar refractivity (Wildman–Crippen MR) is 101 cm³/mol. The predicted octanol–water partition coefficient (Wildman–Crippen LogP) is 1.18. The third-order valence-electron chi connectivity index (χ3n) is 5.89. The molecule has 0 aliphatic carbocycles. The minimum atomic E-state index is -0.242. The van der Waals surface area contributed by atoms with Gasteiger partial charge in [-0.25, -0.2) is 0 Å². The zero-order chi connectivity index (χ0) is 19.5. The molecule has 8 heteroatoms. The molecule has 0 aromatic carbocycles. The number of piperidine rings is 1. The number of likely N-dealkylation sites (tertiary alicyclic amines) is 2. The Labute approximate surface area is 165 Å². The van der Waals surface area contributed by atoms with Crippen molar-refractivity contribution in [3.8, 4) is 5.88 Å². The van der Waals surface area contributed by atoms with Gasteiger partial charge in [0, 0.05) is 44.8 Å². The molecule has 28 heavy (non-hydrogen) atoms. The molecular formula is C20H28N4O4. The maximum atomic E-state index is 13.1. The zero-order valence-electron chi connectivity index (χ0n) is 16.4. The molecule has 3 aliphatic rings. The number of aryl methyl sites for hydroxylation is 1. The highest BCUT2D eigenvalue weighted by Crippen LogP contribution is 2.27. The Balaban J connectivity index is 1.33. The lowest BCUT2D eigenvalue weighted by Crippen LogP contribution is -2.47. The lowest BCUT2D eigenvalue weighted by Gasteiger charge is -2.34. The fourth-order valence-electron chi connectivity index (χ4n) is 4.36. The number of amides is 2. The molecule has 3 fully saturated rings. The molecule has 0 radical (unpaired) electrons. The minimum Gasteiger partial charge on any atom is -0.471 e. The standard InChI is InChI=1S/C20H28N4O4/c1-14-4-5-18(22-21-14)28-17-3-2-8-23(13-17)20(26)15-11-19(25)24(12-15)16-6-9-27-10-7-16/h4-5,15-17H,2-3,6-13H2,1H3. The number of carbonyl (C=O) groups excluding carboxylic acids is 2. The van der Waals surface area contributed by atoms with E-state index in [2.05, 4.69) is 10.2 Å². The molecule has 152 valence electrons. The van der Waals surface area contributed by atoms with Crippen molar-refractivity contribution in [1.29, 1.82) is 0 Å². The molecule has 1 aromatic rings. The number of rotatable bonds is 4. The van der Waals surface area contributed by atoms with E-state index in [9.17, 15) is 9.59 Å². The Morgan fingerprint density at radius 3 is 2.75 bits per heavy atom. The Kier molecular flexibility index (Phi) is 5.75. The van der Waals surface area contributed by atoms with Crippen molar-refractivity contribution in [2.24, 2.45) is 5.92 Å². The number of hydrogen-bond acceptors (Lipinski definition) is 6. The first-order chi connectivity index (χ1) is 13.6. The fraction of sp³-hybridized carbons (Fsp3) is 0.700. The van der Waals surface area contributed by atoms with Crippen molar-refractivity contribution in [3.63, 3.8) is 0 Å². The number of carbonyl (C=O) groups is 2. The summed E-state index contributed by atoms with van der Waals surface area (Å²) in [6.07, 6.45) is 3.74. The van der Waals surface area contributed by atoms with Crippen LogP contribution in [0, 0.1) is 12.8 Å². The van der Waals surface area contributed by atoms with Gasteiger partial charge in [0.2, 0.25) is 17.7 Å². The second-order valence-corrected chi connectivity index (χ2v) is 7.97. The van der Waals surface area contributed by atoms with E-state index in [1.54, 1.807) is 0 Å². The summed E-state index contributed by atoms with van der Waals surface area (Å²) >= 11 is 0. The highest BCUT2D eigenvalue weighted by molar-refractivity contribution is 5.89. The molecular weight excluding hydrogens is 360 g/mol. The Bertz CT molecular complexity index is 705. The van der Waals surface area contributed by atoms with E-state index >= 15 is 0 Å². The molecule has 8 nitrogen and oxygen atoms in total. The summed E-state index contributed by atoms with van der Waals surface area (Å²) in [7, 11) is 0. The summed E-state index contributed by atoms with van der Waals surface area (Å²) in [6, 6.07) is 3.89. The van der Waals surface area contributed by atoms with Gasteiger partial charge in [0.15, 0.2) is 0 Å². The van der Waals surface area contributed by atoms with Crippen LogP contribution in [0.25, 0.3) is 0 Å². The van der Waals surface area contributed by atoms with E-state index in [4.69, 9.17) is 9.47 Å². The fourth-order valence-corrected chi connectivity index (χ4v) is 4.36. The van der Waals surface area contributed by atoms with Gasteiger partial charge in [-0.2, -0.15) is 5.10 Å². The van der Waals surface area contributed by atoms with Gasteiger partial charge in [-0.15, -0.1) is 5.10 Å². The van der Waals surface area contributed by atoms with Crippen LogP contribution in [0.2, 0.25) is 0 Å². The van der Waals surface area contributed by atoms with Gasteiger partial charge < -0.3 is 19.3 Å². The van der Waals surface area contributed by atoms with Crippen LogP contribution in [0.5, 0.6) is 5.88 Å². The molecule has 3 saturated heterocycles. The van der Waals surface area contributed by atoms with Crippen molar-refractivity contribution in [1.82, 2.24) is 20.0 Å². The van der Waals surface area contributed by atoms with E-state index < -0.39 is 0 Å². The second kappa shape index (κ2) is 8.43. The molecule has 4 heterocycles. The molecule has 2 amide bonds. The first-order valence-corrected chi connectivity index (χ1v) is 10.2. The number of ether oxygens (including phenoxy) is 2. The van der Waals surface area contributed by atoms with Crippen LogP contribution < -0.4 is 4.74 Å². The average molecular weight is 388 g/mol. The molecule has 4 rings (SSSR count). The third-order valence-corrected chi connectivity index (χ3v) is 5.89. The number of aromatic nitrogens is 2. The third kappa shape index (κ3) is 4.27. The van der Waals surface area contributed by atoms with Gasteiger partial charge in [-0.1, -0.05) is 0 Å². The first kappa shape index (κ1) is 19.1. The van der Waals surface area contributed by atoms with E-state index in [1.807, 2.05) is 28.9 Å². The van der Waals surface area contributed by atoms with Crippen LogP contribution in [0.15, 0.2) is 12.1 Å². The van der Waals surface area contributed by atoms with E-state index in [0.29, 0.717) is 38.6 Å². The van der Waals surface area contributed by atoms with Gasteiger partial charge in [-0.05, 0) is 38.7 Å². The molecule has 0 saturated carbocycles. The van der Waals surface area contributed by atoms with Crippen LogP contribution in [0.4, 0.5) is 0 Å². The summed E-state index contributed by atoms with van der Waals surface area (Å²) in [4.78, 5) is 29.3. The second-order valence-electron chi connectivity index (χ2n) is 7.97. The van der Waals surface area contributed by atoms with E-state index in [-0.39, 0.29) is 29.9 Å². The van der Waals surface area contributed by atoms with Crippen LogP contribution >= 0.6 is 0 Å². The van der Waals surface area contributed by atoms with Crippen LogP contribution in [0.1, 0.15) is 37.8 Å². The molecule has 3 aliphatic heterocycles. The van der Waals surface area contributed by atoms with Gasteiger partial charge in [-0.3, -0.25) is 9.59 Å². The lowest BCUT2D eigenvalue weighted by molar-refractivity contribution is -0.138. The molecule has 0 bridgehead atoms. The maximum Gasteiger partial charge on any atom is 0.233 e. The van der Waals surface area contributed by atoms with Gasteiger partial charge in [0.25, 0.3) is 0 Å². The van der Waals surface area contributed by atoms with Gasteiger partial charge in [0.05, 0.1) is 18.2 Å². The monoisotopic (exact) mass is 388 g/mol. The van der Waals surface area contributed by atoms with Crippen molar-refractivity contribution in [2.45, 2.75) is 51.2 Å². The summed E-state index contributed by atoms with van der Waals surface area (Å²) in [5.74, 6) is 0.427. The van der Waals surface area contributed by atoms with Crippen LogP contribution in [-0.2, 0) is 14.3 Å². The lowest BCUT2D eigenvalue weighted by atomic mass is 10.0. The smallest absolute Gasteiger partial charge is 0.233 e. The number of nitrogens with zero attached hydrogens (tertiary/aromatic N) is 4. The average Bonchev–Trinajstić information content (AvgIpc) is 3.12. The normalized spacial score (nSPS) is 26.5. The van der Waals surface area contributed by atoms with E-state index in [0.717, 1.165) is 37.9 Å². The highest BCUT2D eigenvalue weighted by Gasteiger charge is 2.40. The van der Waals surface area contributed by atoms with Gasteiger partial charge in [0.1, 0.15) is 6.10 Å². The Morgan fingerprint density at radius 2 is 2.00 bits per heavy atom. The zero-order valence-corrected chi connectivity index (χ0v) is 16.4. The topological polar surface area (TPSA) is 84.9 Å². The number of hydrogen-bond donors (Lipinski definition) is 0. The minimum absolute atomic E-state index is 0.0752. The molecule has 2 unspecified atom stereocenters. The first-order valence-electron chi connectivity index (χ1n) is 10.2. The molecule has 0 spiro atoms. The Hall–Kier alpha value is -2.22. The summed E-state index contributed by atoms with van der Waals surface area (Å²) < 4.78 is 11.3. The van der Waals surface area contributed by atoms with Crippen molar-refractivity contribution in [3.05, 3.63) is 17.8 Å². The van der Waals surface area contributed by atoms with Crippen molar-refractivity contribution < 1.29 is 19.1 Å². The Morgan fingerprint density at radius 1 is 1.18 bits per heavy atom. The molecule has 2 atom stereocenters. The largest absolute Gasteiger partial charge is 0.471 e.